The fourth-order valence-corrected chi connectivity index (χ4v) is 0.424. The van der Waals surface area contributed by atoms with Gasteiger partial charge in [0.25, 0.3) is 0 Å². The number of hydrogen-bond acceptors (Lipinski definition) is 3. The predicted octanol–water partition coefficient (Wildman–Crippen LogP) is -0.337. The van der Waals surface area contributed by atoms with Crippen LogP contribution in [0.3, 0.4) is 0 Å². The molecule has 0 atom stereocenters. The molecule has 3 N–H and O–H groups in total. The van der Waals surface area contributed by atoms with Gasteiger partial charge in [0.05, 0.1) is 6.61 Å². The van der Waals surface area contributed by atoms with E-state index in [-0.39, 0.29) is 18.7 Å². The van der Waals surface area contributed by atoms with Crippen LogP contribution in [-0.4, -0.2) is 29.8 Å². The van der Waals surface area contributed by atoms with E-state index in [1.807, 2.05) is 0 Å². The number of carbonyl (C=O) groups excluding carboxylic acids is 1. The minimum Gasteiger partial charge on any atom is -0.460 e. The van der Waals surface area contributed by atoms with Crippen LogP contribution in [-0.2, 0) is 9.53 Å². The topological polar surface area (TPSA) is 78.0 Å². The summed E-state index contributed by atoms with van der Waals surface area (Å²) < 4.78 is 4.54. The van der Waals surface area contributed by atoms with Gasteiger partial charge in [0.2, 0.25) is 0 Å². The van der Waals surface area contributed by atoms with Gasteiger partial charge in [0.15, 0.2) is 0 Å². The van der Waals surface area contributed by atoms with Crippen molar-refractivity contribution in [2.24, 2.45) is 0 Å². The van der Waals surface area contributed by atoms with Crippen molar-refractivity contribution in [3.63, 3.8) is 0 Å². The number of hydrogen-bond donors (Lipinski definition) is 1. The molecule has 0 heterocycles. The molecule has 0 aliphatic carbocycles. The van der Waals surface area contributed by atoms with Gasteiger partial charge < -0.3 is 15.3 Å². The van der Waals surface area contributed by atoms with Crippen molar-refractivity contribution in [3.8, 4) is 0 Å². The van der Waals surface area contributed by atoms with Crippen LogP contribution in [0.2, 0.25) is 0 Å². The second kappa shape index (κ2) is 7.24. The normalized spacial score (nSPS) is 7.91. The lowest BCUT2D eigenvalue weighted by molar-refractivity contribution is -0.138. The van der Waals surface area contributed by atoms with E-state index < -0.39 is 5.97 Å². The monoisotopic (exact) mass is 162 g/mol. The van der Waals surface area contributed by atoms with Gasteiger partial charge in [0, 0.05) is 6.08 Å². The molecule has 0 radical (unpaired) electrons. The first-order valence-electron chi connectivity index (χ1n) is 3.09. The summed E-state index contributed by atoms with van der Waals surface area (Å²) in [6, 6.07) is 0. The Kier molecular flexibility index (Phi) is 8.41. The molecular formula is C7H14O4. The summed E-state index contributed by atoms with van der Waals surface area (Å²) in [6.45, 7) is 3.56. The van der Waals surface area contributed by atoms with Crippen molar-refractivity contribution in [2.75, 3.05) is 13.2 Å². The lowest BCUT2D eigenvalue weighted by Crippen LogP contribution is -2.05. The molecule has 11 heavy (non-hydrogen) atoms. The van der Waals surface area contributed by atoms with Crippen molar-refractivity contribution in [1.29, 1.82) is 0 Å². The minimum absolute atomic E-state index is 0. The zero-order valence-electron chi connectivity index (χ0n) is 6.76. The van der Waals surface area contributed by atoms with E-state index in [0.717, 1.165) is 5.57 Å². The number of aliphatic hydroxyl groups is 1. The summed E-state index contributed by atoms with van der Waals surface area (Å²) in [7, 11) is 0. The van der Waals surface area contributed by atoms with Crippen LogP contribution in [0.1, 0.15) is 13.8 Å². The number of aliphatic hydroxyl groups excluding tert-OH is 1. The van der Waals surface area contributed by atoms with Gasteiger partial charge in [-0.15, -0.1) is 0 Å². The molecule has 0 amide bonds. The van der Waals surface area contributed by atoms with Crippen molar-refractivity contribution >= 4 is 5.97 Å². The Hall–Kier alpha value is -0.870. The lowest BCUT2D eigenvalue weighted by Gasteiger charge is -1.96. The van der Waals surface area contributed by atoms with Crippen LogP contribution in [0.15, 0.2) is 11.6 Å². The van der Waals surface area contributed by atoms with Crippen LogP contribution in [0.25, 0.3) is 0 Å². The molecule has 0 saturated carbocycles. The van der Waals surface area contributed by atoms with E-state index >= 15 is 0 Å². The fourth-order valence-electron chi connectivity index (χ4n) is 0.424. The molecule has 0 saturated heterocycles. The minimum atomic E-state index is -0.394. The van der Waals surface area contributed by atoms with Crippen molar-refractivity contribution < 1.29 is 20.1 Å². The Bertz CT molecular complexity index is 135. The SMILES string of the molecule is CC(C)=CC(=O)OCCO.O. The first-order chi connectivity index (χ1) is 4.66. The highest BCUT2D eigenvalue weighted by Gasteiger charge is 1.94. The summed E-state index contributed by atoms with van der Waals surface area (Å²) in [5.74, 6) is -0.394. The van der Waals surface area contributed by atoms with E-state index in [2.05, 4.69) is 4.74 Å². The molecule has 0 aromatic heterocycles. The number of esters is 1. The predicted molar refractivity (Wildman–Crippen MR) is 41.1 cm³/mol. The third-order valence-electron chi connectivity index (χ3n) is 0.742. The number of ether oxygens (including phenoxy) is 1. The Morgan fingerprint density at radius 1 is 1.55 bits per heavy atom. The molecule has 0 rings (SSSR count). The van der Waals surface area contributed by atoms with Crippen LogP contribution in [0.4, 0.5) is 0 Å². The molecule has 4 nitrogen and oxygen atoms in total. The van der Waals surface area contributed by atoms with Crippen LogP contribution in [0.5, 0.6) is 0 Å². The molecule has 0 bridgehead atoms. The second-order valence-electron chi connectivity index (χ2n) is 2.11. The number of rotatable bonds is 3. The Balaban J connectivity index is 0. The average Bonchev–Trinajstić information content (AvgIpc) is 1.82. The zero-order chi connectivity index (χ0) is 7.98. The van der Waals surface area contributed by atoms with Gasteiger partial charge >= 0.3 is 5.97 Å². The Labute approximate surface area is 65.8 Å². The average molecular weight is 162 g/mol. The highest BCUT2D eigenvalue weighted by Crippen LogP contribution is 1.89. The molecule has 0 aliphatic heterocycles. The maximum atomic E-state index is 10.6. The summed E-state index contributed by atoms with van der Waals surface area (Å²) in [4.78, 5) is 10.6. The Morgan fingerprint density at radius 3 is 2.45 bits per heavy atom. The maximum absolute atomic E-state index is 10.6. The summed E-state index contributed by atoms with van der Waals surface area (Å²) in [6.07, 6.45) is 1.38. The maximum Gasteiger partial charge on any atom is 0.330 e. The quantitative estimate of drug-likeness (QED) is 0.455. The lowest BCUT2D eigenvalue weighted by atomic mass is 10.3. The van der Waals surface area contributed by atoms with Crippen molar-refractivity contribution in [1.82, 2.24) is 0 Å². The molecule has 0 spiro atoms. The third kappa shape index (κ3) is 9.13. The van der Waals surface area contributed by atoms with Crippen LogP contribution < -0.4 is 0 Å². The van der Waals surface area contributed by atoms with Crippen molar-refractivity contribution in [3.05, 3.63) is 11.6 Å². The largest absolute Gasteiger partial charge is 0.460 e. The Morgan fingerprint density at radius 2 is 2.09 bits per heavy atom. The van der Waals surface area contributed by atoms with E-state index in [1.54, 1.807) is 13.8 Å². The molecule has 0 aliphatic rings. The molecule has 0 aromatic carbocycles. The molecule has 4 heteroatoms. The van der Waals surface area contributed by atoms with Crippen molar-refractivity contribution in [2.45, 2.75) is 13.8 Å². The van der Waals surface area contributed by atoms with E-state index in [9.17, 15) is 4.79 Å². The number of allylic oxidation sites excluding steroid dienone is 1. The fraction of sp³-hybridized carbons (Fsp3) is 0.571. The van der Waals surface area contributed by atoms with Gasteiger partial charge in [-0.1, -0.05) is 5.57 Å². The molecule has 0 unspecified atom stereocenters. The summed E-state index contributed by atoms with van der Waals surface area (Å²) in [5, 5.41) is 8.25. The van der Waals surface area contributed by atoms with Gasteiger partial charge in [0.1, 0.15) is 6.61 Å². The molecular weight excluding hydrogens is 148 g/mol. The molecule has 0 aromatic rings. The highest BCUT2D eigenvalue weighted by atomic mass is 16.5. The first kappa shape index (κ1) is 12.8. The highest BCUT2D eigenvalue weighted by molar-refractivity contribution is 5.82. The van der Waals surface area contributed by atoms with Gasteiger partial charge in [-0.05, 0) is 13.8 Å². The van der Waals surface area contributed by atoms with Crippen LogP contribution >= 0.6 is 0 Å². The summed E-state index contributed by atoms with van der Waals surface area (Å²) >= 11 is 0. The van der Waals surface area contributed by atoms with Gasteiger partial charge in [-0.3, -0.25) is 0 Å². The second-order valence-corrected chi connectivity index (χ2v) is 2.11. The van der Waals surface area contributed by atoms with Gasteiger partial charge in [-0.25, -0.2) is 4.79 Å². The standard InChI is InChI=1S/C7H12O3.H2O/c1-6(2)5-7(9)10-4-3-8;/h5,8H,3-4H2,1-2H3;1H2. The van der Waals surface area contributed by atoms with E-state index in [4.69, 9.17) is 5.11 Å². The van der Waals surface area contributed by atoms with E-state index in [0.29, 0.717) is 0 Å². The molecule has 66 valence electrons. The third-order valence-corrected chi connectivity index (χ3v) is 0.742. The van der Waals surface area contributed by atoms with Gasteiger partial charge in [-0.2, -0.15) is 0 Å². The molecule has 0 fully saturated rings. The van der Waals surface area contributed by atoms with Crippen LogP contribution in [0, 0.1) is 0 Å². The summed E-state index contributed by atoms with van der Waals surface area (Å²) in [5.41, 5.74) is 0.892. The first-order valence-corrected chi connectivity index (χ1v) is 3.09. The van der Waals surface area contributed by atoms with E-state index in [1.165, 1.54) is 6.08 Å². The number of carbonyl (C=O) groups is 1. The zero-order valence-corrected chi connectivity index (χ0v) is 6.76. The smallest absolute Gasteiger partial charge is 0.330 e.